The normalized spacial score (nSPS) is 11.2. The largest absolute Gasteiger partial charge is 0.368 e. The number of nitrogens with two attached hydrogens (primary N) is 1. The van der Waals surface area contributed by atoms with Gasteiger partial charge in [0.05, 0.1) is 0 Å². The Morgan fingerprint density at radius 3 is 2.79 bits per heavy atom. The van der Waals surface area contributed by atoms with Crippen LogP contribution in [-0.4, -0.2) is 14.8 Å². The minimum Gasteiger partial charge on any atom is -0.368 e. The van der Waals surface area contributed by atoms with Crippen molar-refractivity contribution in [2.24, 2.45) is 0 Å². The van der Waals surface area contributed by atoms with Gasteiger partial charge in [-0.1, -0.05) is 29.4 Å². The van der Waals surface area contributed by atoms with Crippen LogP contribution in [-0.2, 0) is 5.75 Å². The van der Waals surface area contributed by atoms with E-state index in [1.807, 2.05) is 13.8 Å². The van der Waals surface area contributed by atoms with Gasteiger partial charge < -0.3 is 5.73 Å². The molecule has 2 rings (SSSR count). The zero-order valence-corrected chi connectivity index (χ0v) is 12.2. The van der Waals surface area contributed by atoms with Crippen molar-refractivity contribution in [3.8, 4) is 0 Å². The standard InChI is InChI=1S/C12H14ClFN4S/c1-7(2)18-11(15)16-17-12(18)19-6-8-9(13)4-3-5-10(8)14/h3-5,7H,6H2,1-2H3,(H2,15,16). The molecule has 0 amide bonds. The van der Waals surface area contributed by atoms with E-state index in [2.05, 4.69) is 10.2 Å². The number of anilines is 1. The Bertz CT molecular complexity index is 565. The van der Waals surface area contributed by atoms with Crippen molar-refractivity contribution in [1.29, 1.82) is 0 Å². The molecule has 0 aliphatic heterocycles. The summed E-state index contributed by atoms with van der Waals surface area (Å²) in [6, 6.07) is 4.79. The Kier molecular flexibility index (Phi) is 4.31. The van der Waals surface area contributed by atoms with Crippen LogP contribution >= 0.6 is 23.4 Å². The number of benzene rings is 1. The number of aromatic nitrogens is 3. The Labute approximate surface area is 120 Å². The highest BCUT2D eigenvalue weighted by atomic mass is 35.5. The first-order valence-corrected chi connectivity index (χ1v) is 7.13. The molecule has 0 saturated carbocycles. The number of nitrogens with zero attached hydrogens (tertiary/aromatic N) is 3. The summed E-state index contributed by atoms with van der Waals surface area (Å²) in [7, 11) is 0. The highest BCUT2D eigenvalue weighted by molar-refractivity contribution is 7.98. The molecule has 7 heteroatoms. The minimum atomic E-state index is -0.316. The fraction of sp³-hybridized carbons (Fsp3) is 0.333. The molecular formula is C12H14ClFN4S. The van der Waals surface area contributed by atoms with Crippen LogP contribution < -0.4 is 5.73 Å². The molecule has 0 radical (unpaired) electrons. The maximum Gasteiger partial charge on any atom is 0.222 e. The summed E-state index contributed by atoms with van der Waals surface area (Å²) in [4.78, 5) is 0. The summed E-state index contributed by atoms with van der Waals surface area (Å²) in [6.45, 7) is 3.97. The van der Waals surface area contributed by atoms with Crippen LogP contribution in [0.15, 0.2) is 23.4 Å². The fourth-order valence-corrected chi connectivity index (χ4v) is 3.10. The third-order valence-electron chi connectivity index (χ3n) is 2.61. The highest BCUT2D eigenvalue weighted by Crippen LogP contribution is 2.29. The molecule has 2 aromatic rings. The van der Waals surface area contributed by atoms with E-state index in [0.717, 1.165) is 0 Å². The Hall–Kier alpha value is -1.27. The summed E-state index contributed by atoms with van der Waals surface area (Å²) >= 11 is 7.34. The third-order valence-corrected chi connectivity index (χ3v) is 3.94. The minimum absolute atomic E-state index is 0.147. The van der Waals surface area contributed by atoms with Gasteiger partial charge >= 0.3 is 0 Å². The van der Waals surface area contributed by atoms with Crippen LogP contribution in [0.2, 0.25) is 5.02 Å². The molecule has 0 saturated heterocycles. The average molecular weight is 301 g/mol. The van der Waals surface area contributed by atoms with Crippen molar-refractivity contribution < 1.29 is 4.39 Å². The van der Waals surface area contributed by atoms with Crippen molar-refractivity contribution in [3.05, 3.63) is 34.6 Å². The SMILES string of the molecule is CC(C)n1c(N)nnc1SCc1c(F)cccc1Cl. The second-order valence-corrected chi connectivity index (χ2v) is 5.64. The van der Waals surface area contributed by atoms with E-state index < -0.39 is 0 Å². The number of nitrogen functional groups attached to an aromatic ring is 1. The van der Waals surface area contributed by atoms with Gasteiger partial charge in [0.2, 0.25) is 5.95 Å². The predicted molar refractivity (Wildman–Crippen MR) is 75.8 cm³/mol. The molecule has 1 heterocycles. The second kappa shape index (κ2) is 5.79. The van der Waals surface area contributed by atoms with E-state index in [1.165, 1.54) is 17.8 Å². The van der Waals surface area contributed by atoms with E-state index in [0.29, 0.717) is 27.4 Å². The number of hydrogen-bond donors (Lipinski definition) is 1. The maximum absolute atomic E-state index is 13.7. The third kappa shape index (κ3) is 3.01. The Morgan fingerprint density at radius 2 is 2.16 bits per heavy atom. The molecule has 0 aliphatic rings. The van der Waals surface area contributed by atoms with Gasteiger partial charge in [-0.2, -0.15) is 0 Å². The summed E-state index contributed by atoms with van der Waals surface area (Å²) in [5, 5.41) is 8.91. The number of halogens is 2. The molecule has 4 nitrogen and oxygen atoms in total. The second-order valence-electron chi connectivity index (χ2n) is 4.29. The smallest absolute Gasteiger partial charge is 0.222 e. The average Bonchev–Trinajstić information content (AvgIpc) is 2.70. The summed E-state index contributed by atoms with van der Waals surface area (Å²) < 4.78 is 15.5. The molecule has 0 atom stereocenters. The molecular weight excluding hydrogens is 287 g/mol. The molecule has 0 aliphatic carbocycles. The molecule has 1 aromatic heterocycles. The number of rotatable bonds is 4. The molecule has 0 spiro atoms. The topological polar surface area (TPSA) is 56.7 Å². The summed E-state index contributed by atoms with van der Waals surface area (Å²) in [5.74, 6) is 0.428. The lowest BCUT2D eigenvalue weighted by Gasteiger charge is -2.11. The Balaban J connectivity index is 2.20. The van der Waals surface area contributed by atoms with Crippen LogP contribution in [0.5, 0.6) is 0 Å². The quantitative estimate of drug-likeness (QED) is 0.878. The molecule has 102 valence electrons. The van der Waals surface area contributed by atoms with Gasteiger partial charge in [-0.05, 0) is 26.0 Å². The molecule has 0 fully saturated rings. The van der Waals surface area contributed by atoms with Crippen LogP contribution in [0, 0.1) is 5.82 Å². The first-order valence-electron chi connectivity index (χ1n) is 5.76. The molecule has 2 N–H and O–H groups in total. The fourth-order valence-electron chi connectivity index (χ4n) is 1.68. The van der Waals surface area contributed by atoms with E-state index in [9.17, 15) is 4.39 Å². The van der Waals surface area contributed by atoms with E-state index in [1.54, 1.807) is 16.7 Å². The van der Waals surface area contributed by atoms with Gasteiger partial charge in [-0.25, -0.2) is 4.39 Å². The van der Waals surface area contributed by atoms with E-state index in [-0.39, 0.29) is 11.9 Å². The molecule has 19 heavy (non-hydrogen) atoms. The van der Waals surface area contributed by atoms with Crippen LogP contribution in [0.1, 0.15) is 25.5 Å². The lowest BCUT2D eigenvalue weighted by atomic mass is 10.2. The van der Waals surface area contributed by atoms with Crippen molar-refractivity contribution in [2.45, 2.75) is 30.8 Å². The van der Waals surface area contributed by atoms with Crippen molar-refractivity contribution in [2.75, 3.05) is 5.73 Å². The zero-order chi connectivity index (χ0) is 14.0. The van der Waals surface area contributed by atoms with Gasteiger partial charge in [-0.3, -0.25) is 4.57 Å². The van der Waals surface area contributed by atoms with Gasteiger partial charge in [0, 0.05) is 22.4 Å². The highest BCUT2D eigenvalue weighted by Gasteiger charge is 2.15. The number of thioether (sulfide) groups is 1. The van der Waals surface area contributed by atoms with Crippen LogP contribution in [0.3, 0.4) is 0 Å². The lowest BCUT2D eigenvalue weighted by Crippen LogP contribution is -2.07. The van der Waals surface area contributed by atoms with Crippen molar-refractivity contribution >= 4 is 29.3 Å². The maximum atomic E-state index is 13.7. The Morgan fingerprint density at radius 1 is 1.42 bits per heavy atom. The molecule has 1 aromatic carbocycles. The van der Waals surface area contributed by atoms with E-state index >= 15 is 0 Å². The van der Waals surface area contributed by atoms with Crippen molar-refractivity contribution in [3.63, 3.8) is 0 Å². The van der Waals surface area contributed by atoms with Gasteiger partial charge in [-0.15, -0.1) is 10.2 Å². The van der Waals surface area contributed by atoms with Crippen LogP contribution in [0.4, 0.5) is 10.3 Å². The van der Waals surface area contributed by atoms with Gasteiger partial charge in [0.1, 0.15) is 5.82 Å². The predicted octanol–water partition coefficient (Wildman–Crippen LogP) is 3.53. The summed E-state index contributed by atoms with van der Waals surface area (Å²) in [5.41, 5.74) is 6.21. The molecule has 0 bridgehead atoms. The zero-order valence-electron chi connectivity index (χ0n) is 10.6. The van der Waals surface area contributed by atoms with Crippen LogP contribution in [0.25, 0.3) is 0 Å². The van der Waals surface area contributed by atoms with Gasteiger partial charge in [0.25, 0.3) is 0 Å². The first-order chi connectivity index (χ1) is 9.00. The lowest BCUT2D eigenvalue weighted by molar-refractivity contribution is 0.557. The van der Waals surface area contributed by atoms with Gasteiger partial charge in [0.15, 0.2) is 5.16 Å². The van der Waals surface area contributed by atoms with Crippen molar-refractivity contribution in [1.82, 2.24) is 14.8 Å². The summed E-state index contributed by atoms with van der Waals surface area (Å²) in [6.07, 6.45) is 0. The number of hydrogen-bond acceptors (Lipinski definition) is 4. The molecule has 0 unspecified atom stereocenters. The first kappa shape index (κ1) is 14.1. The monoisotopic (exact) mass is 300 g/mol. The van der Waals surface area contributed by atoms with E-state index in [4.69, 9.17) is 17.3 Å².